The molecule has 1 atom stereocenters. The van der Waals surface area contributed by atoms with Crippen molar-refractivity contribution in [1.82, 2.24) is 14.5 Å². The summed E-state index contributed by atoms with van der Waals surface area (Å²) >= 11 is -1.31. The summed E-state index contributed by atoms with van der Waals surface area (Å²) in [7, 11) is 0. The molecule has 2 heterocycles. The average molecular weight is 316 g/mol. The maximum Gasteiger partial charge on any atom is 0.344 e. The fraction of sp³-hybridized carbons (Fsp3) is 0.467. The summed E-state index contributed by atoms with van der Waals surface area (Å²) in [5.74, 6) is 0. The Kier molecular flexibility index (Phi) is 4.14. The highest BCUT2D eigenvalue weighted by Gasteiger charge is 2.22. The van der Waals surface area contributed by atoms with E-state index in [0.29, 0.717) is 11.0 Å². The summed E-state index contributed by atoms with van der Waals surface area (Å²) < 4.78 is 13.2. The van der Waals surface area contributed by atoms with Crippen molar-refractivity contribution in [3.63, 3.8) is 0 Å². The second kappa shape index (κ2) is 6.07. The number of pyridine rings is 1. The van der Waals surface area contributed by atoms with Crippen LogP contribution in [0.3, 0.4) is 0 Å². The molecule has 0 spiro atoms. The monoisotopic (exact) mass is 316 g/mol. The van der Waals surface area contributed by atoms with E-state index in [2.05, 4.69) is 9.97 Å². The third-order valence-corrected chi connectivity index (χ3v) is 4.78. The Balaban J connectivity index is 2.29. The lowest BCUT2D eigenvalue weighted by Gasteiger charge is -2.25. The first kappa shape index (κ1) is 15.0. The zero-order chi connectivity index (χ0) is 15.7. The van der Waals surface area contributed by atoms with Gasteiger partial charge in [-0.05, 0) is 18.9 Å². The summed E-state index contributed by atoms with van der Waals surface area (Å²) in [5, 5.41) is 10.0. The van der Waals surface area contributed by atoms with Crippen molar-refractivity contribution in [2.45, 2.75) is 43.3 Å². The van der Waals surface area contributed by atoms with Gasteiger partial charge in [0.2, 0.25) is 0 Å². The van der Waals surface area contributed by atoms with Crippen LogP contribution < -0.4 is 5.56 Å². The van der Waals surface area contributed by atoms with Gasteiger partial charge in [0.15, 0.2) is 5.65 Å². The van der Waals surface area contributed by atoms with Crippen LogP contribution in [-0.2, 0) is 11.2 Å². The molecule has 1 aliphatic carbocycles. The molecule has 0 N–H and O–H groups in total. The number of nitrogens with zero attached hydrogens (tertiary/aromatic N) is 4. The van der Waals surface area contributed by atoms with Gasteiger partial charge in [-0.2, -0.15) is 15.2 Å². The molecule has 0 bridgehead atoms. The van der Waals surface area contributed by atoms with E-state index in [1.807, 2.05) is 6.07 Å². The Labute approximate surface area is 131 Å². The summed E-state index contributed by atoms with van der Waals surface area (Å²) in [6, 6.07) is 3.52. The first-order valence-electron chi connectivity index (χ1n) is 7.27. The van der Waals surface area contributed by atoms with Crippen LogP contribution in [0.2, 0.25) is 0 Å². The summed E-state index contributed by atoms with van der Waals surface area (Å²) in [4.78, 5) is 21.0. The van der Waals surface area contributed by atoms with E-state index in [1.54, 1.807) is 10.8 Å². The van der Waals surface area contributed by atoms with E-state index in [-0.39, 0.29) is 22.3 Å². The van der Waals surface area contributed by atoms with E-state index in [1.165, 1.54) is 18.7 Å². The van der Waals surface area contributed by atoms with Gasteiger partial charge in [0, 0.05) is 28.8 Å². The van der Waals surface area contributed by atoms with Crippen molar-refractivity contribution in [1.29, 1.82) is 5.26 Å². The SMILES string of the molecule is C[S+]([O-])c1ncc2cc(C#N)c(=O)n(C3CCCCC3)c2n1. The van der Waals surface area contributed by atoms with Crippen LogP contribution in [0.25, 0.3) is 11.0 Å². The van der Waals surface area contributed by atoms with Gasteiger partial charge in [0.05, 0.1) is 0 Å². The Hall–Kier alpha value is -1.91. The molecule has 1 aliphatic rings. The van der Waals surface area contributed by atoms with Crippen LogP contribution >= 0.6 is 0 Å². The second-order valence-electron chi connectivity index (χ2n) is 5.52. The van der Waals surface area contributed by atoms with Crippen LogP contribution in [-0.4, -0.2) is 25.3 Å². The maximum absolute atomic E-state index is 12.6. The predicted octanol–water partition coefficient (Wildman–Crippen LogP) is 1.91. The molecular formula is C15H16N4O2S. The average Bonchev–Trinajstić information content (AvgIpc) is 2.54. The normalized spacial score (nSPS) is 17.3. The lowest BCUT2D eigenvalue weighted by molar-refractivity contribution is 0.352. The Morgan fingerprint density at radius 2 is 2.14 bits per heavy atom. The third-order valence-electron chi connectivity index (χ3n) is 4.07. The van der Waals surface area contributed by atoms with Crippen molar-refractivity contribution in [2.75, 3.05) is 6.26 Å². The number of rotatable bonds is 2. The molecule has 2 aromatic rings. The van der Waals surface area contributed by atoms with E-state index >= 15 is 0 Å². The first-order valence-corrected chi connectivity index (χ1v) is 8.83. The van der Waals surface area contributed by atoms with Gasteiger partial charge in [-0.15, -0.1) is 0 Å². The molecule has 7 heteroatoms. The molecule has 0 aromatic carbocycles. The Bertz CT molecular complexity index is 804. The minimum absolute atomic E-state index is 0.0464. The molecule has 1 unspecified atom stereocenters. The smallest absolute Gasteiger partial charge is 0.344 e. The predicted molar refractivity (Wildman–Crippen MR) is 83.0 cm³/mol. The molecule has 0 aliphatic heterocycles. The van der Waals surface area contributed by atoms with Gasteiger partial charge in [-0.1, -0.05) is 19.3 Å². The molecule has 1 saturated carbocycles. The largest absolute Gasteiger partial charge is 0.609 e. The molecule has 2 aromatic heterocycles. The van der Waals surface area contributed by atoms with Gasteiger partial charge in [0.25, 0.3) is 5.56 Å². The van der Waals surface area contributed by atoms with Gasteiger partial charge in [0.1, 0.15) is 17.9 Å². The highest BCUT2D eigenvalue weighted by molar-refractivity contribution is 7.90. The highest BCUT2D eigenvalue weighted by Crippen LogP contribution is 2.29. The number of hydrogen-bond donors (Lipinski definition) is 0. The van der Waals surface area contributed by atoms with Crippen LogP contribution in [0.4, 0.5) is 0 Å². The lowest BCUT2D eigenvalue weighted by Crippen LogP contribution is -2.29. The topological polar surface area (TPSA) is 94.6 Å². The fourth-order valence-electron chi connectivity index (χ4n) is 3.00. The van der Waals surface area contributed by atoms with E-state index in [0.717, 1.165) is 25.7 Å². The van der Waals surface area contributed by atoms with Crippen LogP contribution in [0, 0.1) is 11.3 Å². The van der Waals surface area contributed by atoms with Crippen molar-refractivity contribution in [3.05, 3.63) is 28.2 Å². The number of fused-ring (bicyclic) bond motifs is 1. The summed E-state index contributed by atoms with van der Waals surface area (Å²) in [5.41, 5.74) is 0.275. The number of hydrogen-bond acceptors (Lipinski definition) is 5. The van der Waals surface area contributed by atoms with Crippen molar-refractivity contribution in [3.8, 4) is 6.07 Å². The highest BCUT2D eigenvalue weighted by atomic mass is 32.2. The molecular weight excluding hydrogens is 300 g/mol. The Morgan fingerprint density at radius 1 is 1.41 bits per heavy atom. The maximum atomic E-state index is 12.6. The molecule has 22 heavy (non-hydrogen) atoms. The molecule has 6 nitrogen and oxygen atoms in total. The molecule has 3 rings (SSSR count). The van der Waals surface area contributed by atoms with Crippen molar-refractivity contribution in [2.24, 2.45) is 0 Å². The van der Waals surface area contributed by atoms with Gasteiger partial charge >= 0.3 is 5.16 Å². The molecule has 1 fully saturated rings. The van der Waals surface area contributed by atoms with Crippen molar-refractivity contribution < 1.29 is 4.55 Å². The van der Waals surface area contributed by atoms with Crippen LogP contribution in [0.15, 0.2) is 22.2 Å². The summed E-state index contributed by atoms with van der Waals surface area (Å²) in [6.07, 6.45) is 8.14. The first-order chi connectivity index (χ1) is 10.6. The van der Waals surface area contributed by atoms with Gasteiger partial charge in [-0.25, -0.2) is 0 Å². The number of aromatic nitrogens is 3. The molecule has 0 saturated heterocycles. The van der Waals surface area contributed by atoms with Crippen molar-refractivity contribution >= 4 is 22.2 Å². The zero-order valence-corrected chi connectivity index (χ0v) is 13.1. The standard InChI is InChI=1S/C15H16N4O2S/c1-22(21)15-17-9-11-7-10(8-16)14(20)19(13(11)18-15)12-5-3-2-4-6-12/h7,9,12H,2-6H2,1H3. The van der Waals surface area contributed by atoms with Crippen LogP contribution in [0.1, 0.15) is 43.7 Å². The minimum Gasteiger partial charge on any atom is -0.609 e. The molecule has 0 amide bonds. The van der Waals surface area contributed by atoms with E-state index < -0.39 is 11.2 Å². The summed E-state index contributed by atoms with van der Waals surface area (Å²) in [6.45, 7) is 0. The van der Waals surface area contributed by atoms with Crippen LogP contribution in [0.5, 0.6) is 0 Å². The van der Waals surface area contributed by atoms with E-state index in [4.69, 9.17) is 0 Å². The van der Waals surface area contributed by atoms with Gasteiger partial charge in [-0.3, -0.25) is 9.36 Å². The fourth-order valence-corrected chi connectivity index (χ4v) is 3.42. The Morgan fingerprint density at radius 3 is 2.77 bits per heavy atom. The third kappa shape index (κ3) is 2.60. The quantitative estimate of drug-likeness (QED) is 0.623. The zero-order valence-electron chi connectivity index (χ0n) is 12.3. The number of nitriles is 1. The molecule has 114 valence electrons. The van der Waals surface area contributed by atoms with E-state index in [9.17, 15) is 14.6 Å². The van der Waals surface area contributed by atoms with Gasteiger partial charge < -0.3 is 4.55 Å². The second-order valence-corrected chi connectivity index (χ2v) is 6.80. The minimum atomic E-state index is -1.31. The molecule has 0 radical (unpaired) electrons. The lowest BCUT2D eigenvalue weighted by atomic mass is 9.95.